The lowest BCUT2D eigenvalue weighted by atomic mass is 9.95. The van der Waals surface area contributed by atoms with E-state index in [1.54, 1.807) is 0 Å². The van der Waals surface area contributed by atoms with E-state index in [4.69, 9.17) is 5.73 Å². The number of hydrogen-bond acceptors (Lipinski definition) is 3. The average molecular weight is 249 g/mol. The highest BCUT2D eigenvalue weighted by Crippen LogP contribution is 2.26. The van der Waals surface area contributed by atoms with Crippen LogP contribution >= 0.6 is 0 Å². The highest BCUT2D eigenvalue weighted by molar-refractivity contribution is 7.90. The van der Waals surface area contributed by atoms with Crippen molar-refractivity contribution in [3.8, 4) is 0 Å². The van der Waals surface area contributed by atoms with Crippen LogP contribution in [0.15, 0.2) is 17.0 Å². The number of sulfone groups is 1. The van der Waals surface area contributed by atoms with E-state index in [-0.39, 0.29) is 10.5 Å². The maximum Gasteiger partial charge on any atom is 0.175 e. The maximum atomic E-state index is 13.4. The molecule has 6 heteroatoms. The Morgan fingerprint density at radius 3 is 2.12 bits per heavy atom. The van der Waals surface area contributed by atoms with E-state index < -0.39 is 27.0 Å². The molecule has 0 atom stereocenters. The second-order valence-corrected chi connectivity index (χ2v) is 6.28. The molecule has 3 nitrogen and oxygen atoms in total. The van der Waals surface area contributed by atoms with Crippen molar-refractivity contribution in [3.63, 3.8) is 0 Å². The van der Waals surface area contributed by atoms with Crippen LogP contribution in [-0.4, -0.2) is 14.7 Å². The van der Waals surface area contributed by atoms with E-state index >= 15 is 0 Å². The Morgan fingerprint density at radius 2 is 1.75 bits per heavy atom. The van der Waals surface area contributed by atoms with Crippen molar-refractivity contribution >= 4 is 9.84 Å². The summed E-state index contributed by atoms with van der Waals surface area (Å²) in [4.78, 5) is -0.278. The third-order valence-corrected chi connectivity index (χ3v) is 3.22. The Morgan fingerprint density at radius 1 is 1.25 bits per heavy atom. The van der Waals surface area contributed by atoms with E-state index in [2.05, 4.69) is 0 Å². The minimum Gasteiger partial charge on any atom is -0.322 e. The van der Waals surface area contributed by atoms with Gasteiger partial charge in [-0.25, -0.2) is 17.2 Å². The van der Waals surface area contributed by atoms with E-state index in [1.165, 1.54) is 13.8 Å². The molecule has 16 heavy (non-hydrogen) atoms. The maximum absolute atomic E-state index is 13.4. The zero-order chi connectivity index (χ0) is 12.7. The van der Waals surface area contributed by atoms with E-state index in [1.807, 2.05) is 0 Å². The van der Waals surface area contributed by atoms with Crippen LogP contribution in [0, 0.1) is 11.6 Å². The molecular weight excluding hydrogens is 236 g/mol. The molecular formula is C10H13F2NO2S. The molecule has 1 aromatic rings. The molecule has 0 unspecified atom stereocenters. The molecule has 0 aliphatic heterocycles. The van der Waals surface area contributed by atoms with Gasteiger partial charge in [0.05, 0.1) is 4.90 Å². The van der Waals surface area contributed by atoms with Gasteiger partial charge >= 0.3 is 0 Å². The molecule has 0 saturated carbocycles. The smallest absolute Gasteiger partial charge is 0.175 e. The predicted octanol–water partition coefficient (Wildman–Crippen LogP) is 1.56. The summed E-state index contributed by atoms with van der Waals surface area (Å²) < 4.78 is 49.1. The van der Waals surface area contributed by atoms with Crippen molar-refractivity contribution in [2.45, 2.75) is 24.3 Å². The van der Waals surface area contributed by atoms with Crippen LogP contribution in [-0.2, 0) is 15.4 Å². The van der Waals surface area contributed by atoms with Crippen molar-refractivity contribution in [1.29, 1.82) is 0 Å². The minimum atomic E-state index is -3.59. The second-order valence-electron chi connectivity index (χ2n) is 4.26. The summed E-state index contributed by atoms with van der Waals surface area (Å²) in [5.41, 5.74) is 4.33. The standard InChI is InChI=1S/C10H13F2NO2S/c1-10(2,13)7-4-6(16(3,14)15)5-8(11)9(7)12/h4-5H,13H2,1-3H3. The first kappa shape index (κ1) is 13.1. The highest BCUT2D eigenvalue weighted by atomic mass is 32.2. The molecule has 0 aromatic heterocycles. The molecule has 90 valence electrons. The average Bonchev–Trinajstić information content (AvgIpc) is 2.05. The Bertz CT molecular complexity index is 518. The van der Waals surface area contributed by atoms with Crippen LogP contribution in [0.3, 0.4) is 0 Å². The number of hydrogen-bond donors (Lipinski definition) is 1. The van der Waals surface area contributed by atoms with E-state index in [0.29, 0.717) is 6.07 Å². The van der Waals surface area contributed by atoms with Crippen LogP contribution in [0.5, 0.6) is 0 Å². The Labute approximate surface area is 93.2 Å². The largest absolute Gasteiger partial charge is 0.322 e. The van der Waals surface area contributed by atoms with Gasteiger partial charge in [0.1, 0.15) is 0 Å². The van der Waals surface area contributed by atoms with Crippen LogP contribution in [0.4, 0.5) is 8.78 Å². The topological polar surface area (TPSA) is 60.2 Å². The summed E-state index contributed by atoms with van der Waals surface area (Å²) >= 11 is 0. The second kappa shape index (κ2) is 3.78. The summed E-state index contributed by atoms with van der Waals surface area (Å²) in [5, 5.41) is 0. The minimum absolute atomic E-state index is 0.159. The first-order chi connectivity index (χ1) is 7.03. The number of rotatable bonds is 2. The predicted molar refractivity (Wildman–Crippen MR) is 56.7 cm³/mol. The molecule has 0 saturated heterocycles. The fourth-order valence-corrected chi connectivity index (χ4v) is 1.90. The van der Waals surface area contributed by atoms with Crippen molar-refractivity contribution in [2.75, 3.05) is 6.26 Å². The number of halogens is 2. The fraction of sp³-hybridized carbons (Fsp3) is 0.400. The molecule has 0 aliphatic rings. The first-order valence-electron chi connectivity index (χ1n) is 4.52. The Hall–Kier alpha value is -1.01. The van der Waals surface area contributed by atoms with Crippen molar-refractivity contribution in [3.05, 3.63) is 29.3 Å². The van der Waals surface area contributed by atoms with Gasteiger partial charge in [-0.2, -0.15) is 0 Å². The third-order valence-electron chi connectivity index (χ3n) is 2.12. The fourth-order valence-electron chi connectivity index (χ4n) is 1.25. The lowest BCUT2D eigenvalue weighted by Gasteiger charge is -2.20. The van der Waals surface area contributed by atoms with Crippen molar-refractivity contribution in [1.82, 2.24) is 0 Å². The highest BCUT2D eigenvalue weighted by Gasteiger charge is 2.24. The molecule has 2 N–H and O–H groups in total. The van der Waals surface area contributed by atoms with Gasteiger partial charge in [-0.3, -0.25) is 0 Å². The molecule has 1 aromatic carbocycles. The third kappa shape index (κ3) is 2.56. The van der Waals surface area contributed by atoms with Gasteiger partial charge < -0.3 is 5.73 Å². The molecule has 0 fully saturated rings. The Balaban J connectivity index is 3.59. The lowest BCUT2D eigenvalue weighted by molar-refractivity contribution is 0.451. The zero-order valence-electron chi connectivity index (χ0n) is 9.21. The van der Waals surface area contributed by atoms with E-state index in [0.717, 1.165) is 12.3 Å². The van der Waals surface area contributed by atoms with Crippen LogP contribution in [0.2, 0.25) is 0 Å². The van der Waals surface area contributed by atoms with Gasteiger partial charge in [0.2, 0.25) is 0 Å². The van der Waals surface area contributed by atoms with Gasteiger partial charge in [0, 0.05) is 17.4 Å². The van der Waals surface area contributed by atoms with Crippen LogP contribution < -0.4 is 5.73 Å². The molecule has 0 heterocycles. The summed E-state index contributed by atoms with van der Waals surface area (Å²) in [6.07, 6.45) is 0.924. The summed E-state index contributed by atoms with van der Waals surface area (Å²) in [6.45, 7) is 2.94. The van der Waals surface area contributed by atoms with Gasteiger partial charge in [-0.05, 0) is 26.0 Å². The SMILES string of the molecule is CC(C)(N)c1cc(S(C)(=O)=O)cc(F)c1F. The summed E-state index contributed by atoms with van der Waals surface area (Å²) in [6, 6.07) is 1.72. The quantitative estimate of drug-likeness (QED) is 0.809. The van der Waals surface area contributed by atoms with E-state index in [9.17, 15) is 17.2 Å². The van der Waals surface area contributed by atoms with Gasteiger partial charge in [0.15, 0.2) is 21.5 Å². The number of nitrogens with two attached hydrogens (primary N) is 1. The molecule has 0 amide bonds. The van der Waals surface area contributed by atoms with Crippen molar-refractivity contribution in [2.24, 2.45) is 5.73 Å². The monoisotopic (exact) mass is 249 g/mol. The first-order valence-corrected chi connectivity index (χ1v) is 6.41. The van der Waals surface area contributed by atoms with Gasteiger partial charge in [-0.1, -0.05) is 0 Å². The van der Waals surface area contributed by atoms with Gasteiger partial charge in [-0.15, -0.1) is 0 Å². The Kier molecular flexibility index (Phi) is 3.08. The molecule has 0 aliphatic carbocycles. The normalized spacial score (nSPS) is 12.9. The molecule has 0 radical (unpaired) electrons. The van der Waals surface area contributed by atoms with Crippen LogP contribution in [0.1, 0.15) is 19.4 Å². The van der Waals surface area contributed by atoms with Gasteiger partial charge in [0.25, 0.3) is 0 Å². The molecule has 0 spiro atoms. The van der Waals surface area contributed by atoms with Crippen molar-refractivity contribution < 1.29 is 17.2 Å². The molecule has 0 bridgehead atoms. The lowest BCUT2D eigenvalue weighted by Crippen LogP contribution is -2.30. The molecule has 1 rings (SSSR count). The summed E-state index contributed by atoms with van der Waals surface area (Å²) in [5.74, 6) is -2.32. The van der Waals surface area contributed by atoms with Crippen LogP contribution in [0.25, 0.3) is 0 Å². The number of benzene rings is 1. The summed E-state index contributed by atoms with van der Waals surface area (Å²) in [7, 11) is -3.59. The zero-order valence-corrected chi connectivity index (χ0v) is 10.0.